The molecule has 0 radical (unpaired) electrons. The van der Waals surface area contributed by atoms with Gasteiger partial charge in [0.1, 0.15) is 5.78 Å². The zero-order chi connectivity index (χ0) is 9.68. The molecular formula is C10H16O3. The molecule has 3 heteroatoms. The first kappa shape index (κ1) is 10.2. The summed E-state index contributed by atoms with van der Waals surface area (Å²) in [5.74, 6) is -0.256. The van der Waals surface area contributed by atoms with Gasteiger partial charge in [-0.05, 0) is 25.7 Å². The Kier molecular flexibility index (Phi) is 3.93. The Morgan fingerprint density at radius 3 is 2.85 bits per heavy atom. The van der Waals surface area contributed by atoms with E-state index >= 15 is 0 Å². The van der Waals surface area contributed by atoms with E-state index in [1.807, 2.05) is 0 Å². The summed E-state index contributed by atoms with van der Waals surface area (Å²) in [6.45, 7) is 0. The highest BCUT2D eigenvalue weighted by Gasteiger charge is 2.21. The van der Waals surface area contributed by atoms with Crippen LogP contribution in [0, 0.1) is 5.92 Å². The molecule has 0 heterocycles. The number of carbonyl (C=O) groups is 2. The van der Waals surface area contributed by atoms with Gasteiger partial charge >= 0.3 is 5.97 Å². The smallest absolute Gasteiger partial charge is 0.303 e. The van der Waals surface area contributed by atoms with Gasteiger partial charge in [0.25, 0.3) is 0 Å². The second-order valence-corrected chi connectivity index (χ2v) is 3.69. The number of carboxylic acid groups (broad SMARTS) is 1. The first-order valence-corrected chi connectivity index (χ1v) is 4.94. The maximum atomic E-state index is 11.3. The summed E-state index contributed by atoms with van der Waals surface area (Å²) in [6.07, 6.45) is 5.44. The maximum absolute atomic E-state index is 11.3. The molecule has 0 saturated heterocycles. The summed E-state index contributed by atoms with van der Waals surface area (Å²) < 4.78 is 0. The van der Waals surface area contributed by atoms with E-state index < -0.39 is 5.97 Å². The Labute approximate surface area is 78.1 Å². The summed E-state index contributed by atoms with van der Waals surface area (Å²) in [7, 11) is 0. The fraction of sp³-hybridized carbons (Fsp3) is 0.800. The first-order valence-electron chi connectivity index (χ1n) is 4.94. The molecule has 1 unspecified atom stereocenters. The highest BCUT2D eigenvalue weighted by atomic mass is 16.4. The maximum Gasteiger partial charge on any atom is 0.303 e. The molecule has 1 N–H and O–H groups in total. The monoisotopic (exact) mass is 184 g/mol. The molecule has 0 aromatic rings. The Morgan fingerprint density at radius 2 is 2.23 bits per heavy atom. The molecule has 1 saturated carbocycles. The minimum Gasteiger partial charge on any atom is -0.481 e. The van der Waals surface area contributed by atoms with E-state index in [-0.39, 0.29) is 12.3 Å². The summed E-state index contributed by atoms with van der Waals surface area (Å²) in [5.41, 5.74) is 0. The van der Waals surface area contributed by atoms with Crippen molar-refractivity contribution in [2.24, 2.45) is 5.92 Å². The van der Waals surface area contributed by atoms with Crippen LogP contribution in [0.5, 0.6) is 0 Å². The fourth-order valence-electron chi connectivity index (χ4n) is 1.86. The molecule has 0 aromatic heterocycles. The van der Waals surface area contributed by atoms with Crippen LogP contribution >= 0.6 is 0 Å². The minimum absolute atomic E-state index is 0.160. The molecule has 13 heavy (non-hydrogen) atoms. The number of carboxylic acids is 1. The van der Waals surface area contributed by atoms with E-state index in [2.05, 4.69) is 0 Å². The van der Waals surface area contributed by atoms with E-state index in [0.717, 1.165) is 25.7 Å². The topological polar surface area (TPSA) is 54.4 Å². The van der Waals surface area contributed by atoms with Gasteiger partial charge < -0.3 is 5.11 Å². The molecule has 0 bridgehead atoms. The number of hydrogen-bond acceptors (Lipinski definition) is 2. The highest BCUT2D eigenvalue weighted by Crippen LogP contribution is 2.24. The lowest BCUT2D eigenvalue weighted by molar-refractivity contribution is -0.137. The quantitative estimate of drug-likeness (QED) is 0.727. The van der Waals surface area contributed by atoms with Crippen LogP contribution in [0.4, 0.5) is 0 Å². The van der Waals surface area contributed by atoms with Crippen LogP contribution in [-0.2, 0) is 9.59 Å². The van der Waals surface area contributed by atoms with Gasteiger partial charge in [-0.25, -0.2) is 0 Å². The van der Waals surface area contributed by atoms with Crippen molar-refractivity contribution in [1.29, 1.82) is 0 Å². The summed E-state index contributed by atoms with van der Waals surface area (Å²) in [6, 6.07) is 0. The average molecular weight is 184 g/mol. The third-order valence-corrected chi connectivity index (χ3v) is 2.62. The molecule has 1 aliphatic rings. The molecule has 1 aliphatic carbocycles. The zero-order valence-corrected chi connectivity index (χ0v) is 7.79. The van der Waals surface area contributed by atoms with Gasteiger partial charge in [-0.3, -0.25) is 9.59 Å². The Balaban J connectivity index is 2.19. The minimum atomic E-state index is -0.761. The van der Waals surface area contributed by atoms with E-state index in [0.29, 0.717) is 18.6 Å². The number of rotatable bonds is 4. The third-order valence-electron chi connectivity index (χ3n) is 2.62. The standard InChI is InChI=1S/C10H16O3/c11-9-6-2-1-4-8(9)5-3-7-10(12)13/h8H,1-7H2,(H,12,13). The molecule has 0 amide bonds. The number of carbonyl (C=O) groups excluding carboxylic acids is 1. The van der Waals surface area contributed by atoms with Gasteiger partial charge in [0.05, 0.1) is 0 Å². The van der Waals surface area contributed by atoms with Crippen LogP contribution in [-0.4, -0.2) is 16.9 Å². The van der Waals surface area contributed by atoms with Crippen LogP contribution in [0.3, 0.4) is 0 Å². The molecule has 0 spiro atoms. The van der Waals surface area contributed by atoms with Gasteiger partial charge in [-0.2, -0.15) is 0 Å². The van der Waals surface area contributed by atoms with E-state index in [4.69, 9.17) is 5.11 Å². The molecule has 74 valence electrons. The van der Waals surface area contributed by atoms with Crippen LogP contribution in [0.1, 0.15) is 44.9 Å². The predicted octanol–water partition coefficient (Wildman–Crippen LogP) is 2.00. The Morgan fingerprint density at radius 1 is 1.46 bits per heavy atom. The van der Waals surface area contributed by atoms with Crippen molar-refractivity contribution in [3.8, 4) is 0 Å². The number of Topliss-reactive ketones (excluding diaryl/α,β-unsaturated/α-hetero) is 1. The fourth-order valence-corrected chi connectivity index (χ4v) is 1.86. The lowest BCUT2D eigenvalue weighted by atomic mass is 9.84. The normalized spacial score (nSPS) is 23.1. The average Bonchev–Trinajstić information content (AvgIpc) is 2.08. The molecule has 0 aromatic carbocycles. The van der Waals surface area contributed by atoms with Crippen molar-refractivity contribution in [2.75, 3.05) is 0 Å². The van der Waals surface area contributed by atoms with E-state index in [9.17, 15) is 9.59 Å². The van der Waals surface area contributed by atoms with Gasteiger partial charge in [0.15, 0.2) is 0 Å². The van der Waals surface area contributed by atoms with Crippen molar-refractivity contribution in [3.63, 3.8) is 0 Å². The summed E-state index contributed by atoms with van der Waals surface area (Å²) in [5, 5.41) is 8.42. The zero-order valence-electron chi connectivity index (χ0n) is 7.79. The van der Waals surface area contributed by atoms with Gasteiger partial charge in [-0.15, -0.1) is 0 Å². The highest BCUT2D eigenvalue weighted by molar-refractivity contribution is 5.81. The van der Waals surface area contributed by atoms with E-state index in [1.54, 1.807) is 0 Å². The molecule has 1 rings (SSSR count). The van der Waals surface area contributed by atoms with Crippen molar-refractivity contribution in [3.05, 3.63) is 0 Å². The van der Waals surface area contributed by atoms with Crippen LogP contribution in [0.2, 0.25) is 0 Å². The number of hydrogen-bond donors (Lipinski definition) is 1. The largest absolute Gasteiger partial charge is 0.481 e. The second-order valence-electron chi connectivity index (χ2n) is 3.69. The molecular weight excluding hydrogens is 168 g/mol. The van der Waals surface area contributed by atoms with Gasteiger partial charge in [0, 0.05) is 18.8 Å². The van der Waals surface area contributed by atoms with Crippen molar-refractivity contribution >= 4 is 11.8 Å². The van der Waals surface area contributed by atoms with Crippen LogP contribution in [0.25, 0.3) is 0 Å². The Hall–Kier alpha value is -0.860. The summed E-state index contributed by atoms with van der Waals surface area (Å²) in [4.78, 5) is 21.6. The van der Waals surface area contributed by atoms with Crippen molar-refractivity contribution < 1.29 is 14.7 Å². The van der Waals surface area contributed by atoms with Crippen molar-refractivity contribution in [1.82, 2.24) is 0 Å². The lowest BCUT2D eigenvalue weighted by Gasteiger charge is -2.19. The SMILES string of the molecule is O=C(O)CCCC1CCCCC1=O. The third kappa shape index (κ3) is 3.57. The molecule has 1 fully saturated rings. The van der Waals surface area contributed by atoms with E-state index in [1.165, 1.54) is 0 Å². The van der Waals surface area contributed by atoms with Gasteiger partial charge in [-0.1, -0.05) is 6.42 Å². The van der Waals surface area contributed by atoms with Crippen LogP contribution < -0.4 is 0 Å². The number of aliphatic carboxylic acids is 1. The number of ketones is 1. The molecule has 0 aliphatic heterocycles. The lowest BCUT2D eigenvalue weighted by Crippen LogP contribution is -2.19. The molecule has 3 nitrogen and oxygen atoms in total. The summed E-state index contributed by atoms with van der Waals surface area (Å²) >= 11 is 0. The Bertz CT molecular complexity index is 198. The van der Waals surface area contributed by atoms with Crippen molar-refractivity contribution in [2.45, 2.75) is 44.9 Å². The predicted molar refractivity (Wildman–Crippen MR) is 48.5 cm³/mol. The van der Waals surface area contributed by atoms with Gasteiger partial charge in [0.2, 0.25) is 0 Å². The first-order chi connectivity index (χ1) is 6.20. The second kappa shape index (κ2) is 5.00. The molecule has 1 atom stereocenters. The van der Waals surface area contributed by atoms with Crippen LogP contribution in [0.15, 0.2) is 0 Å².